The molecule has 2 aliphatic heterocycles. The number of hydrogen-bond acceptors (Lipinski definition) is 2. The van der Waals surface area contributed by atoms with Crippen molar-refractivity contribution >= 4 is 5.91 Å². The molecule has 0 unspecified atom stereocenters. The minimum absolute atomic E-state index is 0.0318. The van der Waals surface area contributed by atoms with Gasteiger partial charge >= 0.3 is 0 Å². The van der Waals surface area contributed by atoms with Crippen LogP contribution in [-0.2, 0) is 11.2 Å². The van der Waals surface area contributed by atoms with E-state index in [4.69, 9.17) is 4.74 Å². The molecule has 0 bridgehead atoms. The number of nitrogens with zero attached hydrogens (tertiary/aromatic N) is 1. The second-order valence-electron chi connectivity index (χ2n) is 7.98. The number of benzene rings is 1. The molecule has 1 aliphatic carbocycles. The highest BCUT2D eigenvalue weighted by Crippen LogP contribution is 2.39. The SMILES string of the molecule is O=C(CC1CCCCC1)N1CCC2(CCc3ccccc3O2)CC1. The van der Waals surface area contributed by atoms with Crippen molar-refractivity contribution in [1.82, 2.24) is 4.90 Å². The first-order valence-electron chi connectivity index (χ1n) is 9.79. The minimum Gasteiger partial charge on any atom is -0.487 e. The zero-order valence-electron chi connectivity index (χ0n) is 14.6. The van der Waals surface area contributed by atoms with E-state index in [9.17, 15) is 4.79 Å². The fourth-order valence-electron chi connectivity index (χ4n) is 4.74. The smallest absolute Gasteiger partial charge is 0.222 e. The number of carbonyl (C=O) groups is 1. The van der Waals surface area contributed by atoms with Crippen molar-refractivity contribution in [1.29, 1.82) is 0 Å². The van der Waals surface area contributed by atoms with Crippen LogP contribution >= 0.6 is 0 Å². The number of aryl methyl sites for hydroxylation is 1. The number of para-hydroxylation sites is 1. The molecule has 3 aliphatic rings. The molecule has 130 valence electrons. The van der Waals surface area contributed by atoms with Gasteiger partial charge in [-0.1, -0.05) is 37.5 Å². The summed E-state index contributed by atoms with van der Waals surface area (Å²) in [5, 5.41) is 0. The van der Waals surface area contributed by atoms with Crippen molar-refractivity contribution < 1.29 is 9.53 Å². The maximum atomic E-state index is 12.6. The highest BCUT2D eigenvalue weighted by molar-refractivity contribution is 5.76. The maximum absolute atomic E-state index is 12.6. The monoisotopic (exact) mass is 327 g/mol. The standard InChI is InChI=1S/C21H29NO2/c23-20(16-17-6-2-1-3-7-17)22-14-12-21(13-15-22)11-10-18-8-4-5-9-19(18)24-21/h4-5,8-9,17H,1-3,6-7,10-16H2. The Morgan fingerprint density at radius 2 is 1.83 bits per heavy atom. The highest BCUT2D eigenvalue weighted by Gasteiger charge is 2.40. The summed E-state index contributed by atoms with van der Waals surface area (Å²) in [6.45, 7) is 1.74. The molecule has 3 nitrogen and oxygen atoms in total. The Morgan fingerprint density at radius 3 is 2.62 bits per heavy atom. The lowest BCUT2D eigenvalue weighted by Crippen LogP contribution is -2.51. The predicted molar refractivity (Wildman–Crippen MR) is 95.1 cm³/mol. The Morgan fingerprint density at radius 1 is 1.08 bits per heavy atom. The number of hydrogen-bond donors (Lipinski definition) is 0. The van der Waals surface area contributed by atoms with Gasteiger partial charge in [0.1, 0.15) is 11.4 Å². The summed E-state index contributed by atoms with van der Waals surface area (Å²) in [6, 6.07) is 8.41. The van der Waals surface area contributed by atoms with E-state index in [1.165, 1.54) is 37.7 Å². The van der Waals surface area contributed by atoms with E-state index in [1.807, 2.05) is 0 Å². The van der Waals surface area contributed by atoms with Gasteiger partial charge in [0.05, 0.1) is 0 Å². The van der Waals surface area contributed by atoms with Gasteiger partial charge in [-0.25, -0.2) is 0 Å². The number of rotatable bonds is 2. The van der Waals surface area contributed by atoms with E-state index in [0.29, 0.717) is 11.8 Å². The predicted octanol–water partition coefficient (Wildman–Crippen LogP) is 4.34. The normalized spacial score (nSPS) is 23.6. The van der Waals surface area contributed by atoms with Gasteiger partial charge in [-0.05, 0) is 43.2 Å². The molecule has 1 aromatic carbocycles. The lowest BCUT2D eigenvalue weighted by Gasteiger charge is -2.44. The van der Waals surface area contributed by atoms with E-state index in [0.717, 1.165) is 50.9 Å². The van der Waals surface area contributed by atoms with Gasteiger partial charge in [-0.3, -0.25) is 4.79 Å². The molecular weight excluding hydrogens is 298 g/mol. The van der Waals surface area contributed by atoms with Crippen LogP contribution in [0.5, 0.6) is 5.75 Å². The van der Waals surface area contributed by atoms with Gasteiger partial charge in [-0.15, -0.1) is 0 Å². The summed E-state index contributed by atoms with van der Waals surface area (Å²) < 4.78 is 6.40. The largest absolute Gasteiger partial charge is 0.487 e. The van der Waals surface area contributed by atoms with Gasteiger partial charge in [0, 0.05) is 32.4 Å². The van der Waals surface area contributed by atoms with Crippen LogP contribution in [0.4, 0.5) is 0 Å². The van der Waals surface area contributed by atoms with Gasteiger partial charge in [0.15, 0.2) is 0 Å². The molecule has 0 radical (unpaired) electrons. The molecule has 1 spiro atoms. The Hall–Kier alpha value is -1.51. The van der Waals surface area contributed by atoms with Crippen LogP contribution in [0.2, 0.25) is 0 Å². The molecule has 1 saturated carbocycles. The molecule has 1 amide bonds. The summed E-state index contributed by atoms with van der Waals surface area (Å²) in [5.74, 6) is 2.08. The van der Waals surface area contributed by atoms with Crippen molar-refractivity contribution in [2.24, 2.45) is 5.92 Å². The number of carbonyl (C=O) groups excluding carboxylic acids is 1. The molecule has 2 fully saturated rings. The number of fused-ring (bicyclic) bond motifs is 1. The van der Waals surface area contributed by atoms with Crippen LogP contribution in [0, 0.1) is 5.92 Å². The lowest BCUT2D eigenvalue weighted by molar-refractivity contribution is -0.136. The lowest BCUT2D eigenvalue weighted by atomic mass is 9.82. The number of amides is 1. The van der Waals surface area contributed by atoms with E-state index >= 15 is 0 Å². The summed E-state index contributed by atoms with van der Waals surface area (Å²) in [5.41, 5.74) is 1.30. The average molecular weight is 327 g/mol. The van der Waals surface area contributed by atoms with E-state index < -0.39 is 0 Å². The minimum atomic E-state index is -0.0318. The highest BCUT2D eigenvalue weighted by atomic mass is 16.5. The molecule has 0 N–H and O–H groups in total. The second-order valence-corrected chi connectivity index (χ2v) is 7.98. The zero-order chi connectivity index (χ0) is 16.4. The number of likely N-dealkylation sites (tertiary alicyclic amines) is 1. The van der Waals surface area contributed by atoms with Crippen molar-refractivity contribution in [3.05, 3.63) is 29.8 Å². The van der Waals surface area contributed by atoms with Gasteiger partial charge in [-0.2, -0.15) is 0 Å². The first-order valence-corrected chi connectivity index (χ1v) is 9.79. The van der Waals surface area contributed by atoms with Crippen LogP contribution in [0.1, 0.15) is 63.4 Å². The molecular formula is C21H29NO2. The molecule has 1 saturated heterocycles. The van der Waals surface area contributed by atoms with Gasteiger partial charge < -0.3 is 9.64 Å². The van der Waals surface area contributed by atoms with E-state index in [2.05, 4.69) is 29.2 Å². The van der Waals surface area contributed by atoms with Crippen LogP contribution < -0.4 is 4.74 Å². The Labute approximate surface area is 145 Å². The third-order valence-corrected chi connectivity index (χ3v) is 6.36. The van der Waals surface area contributed by atoms with Crippen LogP contribution in [0.25, 0.3) is 0 Å². The van der Waals surface area contributed by atoms with Crippen molar-refractivity contribution in [3.8, 4) is 5.75 Å². The fraction of sp³-hybridized carbons (Fsp3) is 0.667. The fourth-order valence-corrected chi connectivity index (χ4v) is 4.74. The van der Waals surface area contributed by atoms with Gasteiger partial charge in [0.2, 0.25) is 5.91 Å². The molecule has 24 heavy (non-hydrogen) atoms. The number of ether oxygens (including phenoxy) is 1. The molecule has 2 heterocycles. The summed E-state index contributed by atoms with van der Waals surface area (Å²) >= 11 is 0. The Bertz CT molecular complexity index is 583. The quantitative estimate of drug-likeness (QED) is 0.808. The molecule has 0 aromatic heterocycles. The second kappa shape index (κ2) is 6.78. The van der Waals surface area contributed by atoms with Crippen molar-refractivity contribution in [2.75, 3.05) is 13.1 Å². The average Bonchev–Trinajstić information content (AvgIpc) is 2.63. The molecule has 0 atom stereocenters. The van der Waals surface area contributed by atoms with E-state index in [1.54, 1.807) is 0 Å². The third-order valence-electron chi connectivity index (χ3n) is 6.36. The van der Waals surface area contributed by atoms with Crippen LogP contribution in [0.3, 0.4) is 0 Å². The summed E-state index contributed by atoms with van der Waals surface area (Å²) in [7, 11) is 0. The number of piperidine rings is 1. The summed E-state index contributed by atoms with van der Waals surface area (Å²) in [4.78, 5) is 14.7. The Balaban J connectivity index is 1.33. The summed E-state index contributed by atoms with van der Waals surface area (Å²) in [6.07, 6.45) is 11.4. The maximum Gasteiger partial charge on any atom is 0.222 e. The van der Waals surface area contributed by atoms with Crippen molar-refractivity contribution in [3.63, 3.8) is 0 Å². The van der Waals surface area contributed by atoms with Crippen LogP contribution in [-0.4, -0.2) is 29.5 Å². The van der Waals surface area contributed by atoms with Crippen molar-refractivity contribution in [2.45, 2.75) is 69.8 Å². The topological polar surface area (TPSA) is 29.5 Å². The zero-order valence-corrected chi connectivity index (χ0v) is 14.6. The van der Waals surface area contributed by atoms with E-state index in [-0.39, 0.29) is 5.60 Å². The van der Waals surface area contributed by atoms with Gasteiger partial charge in [0.25, 0.3) is 0 Å². The molecule has 3 heteroatoms. The van der Waals surface area contributed by atoms with Crippen LogP contribution in [0.15, 0.2) is 24.3 Å². The molecule has 1 aromatic rings. The third kappa shape index (κ3) is 3.31. The first kappa shape index (κ1) is 16.0. The first-order chi connectivity index (χ1) is 11.7. The molecule has 4 rings (SSSR count). The Kier molecular flexibility index (Phi) is 4.51.